The summed E-state index contributed by atoms with van der Waals surface area (Å²) in [4.78, 5) is 13.6. The second-order valence-corrected chi connectivity index (χ2v) is 6.06. The molecule has 4 nitrogen and oxygen atoms in total. The Morgan fingerprint density at radius 3 is 2.88 bits per heavy atom. The van der Waals surface area contributed by atoms with Crippen molar-refractivity contribution in [3.05, 3.63) is 0 Å². The van der Waals surface area contributed by atoms with Crippen molar-refractivity contribution in [2.75, 3.05) is 24.6 Å². The van der Waals surface area contributed by atoms with Crippen LogP contribution in [-0.2, 0) is 9.53 Å². The number of hydrogen-bond acceptors (Lipinski definition) is 5. The van der Waals surface area contributed by atoms with Crippen molar-refractivity contribution in [1.29, 1.82) is 0 Å². The van der Waals surface area contributed by atoms with Crippen LogP contribution >= 0.6 is 11.8 Å². The molecule has 1 saturated carbocycles. The van der Waals surface area contributed by atoms with Crippen molar-refractivity contribution >= 4 is 17.7 Å². The maximum absolute atomic E-state index is 11.3. The van der Waals surface area contributed by atoms with E-state index >= 15 is 0 Å². The summed E-state index contributed by atoms with van der Waals surface area (Å²) in [6, 6.07) is 0.150. The van der Waals surface area contributed by atoms with Gasteiger partial charge >= 0.3 is 5.97 Å². The molecule has 3 rings (SSSR count). The molecule has 3 aliphatic rings. The Balaban J connectivity index is 1.74. The number of hydrogen-bond donors (Lipinski definition) is 1. The second kappa shape index (κ2) is 4.20. The third-order valence-electron chi connectivity index (χ3n) is 3.94. The van der Waals surface area contributed by atoms with Gasteiger partial charge in [0.15, 0.2) is 0 Å². The van der Waals surface area contributed by atoms with Crippen LogP contribution < -0.4 is 0 Å². The Hall–Kier alpha value is -0.260. The number of aliphatic hydroxyl groups is 1. The molecule has 90 valence electrons. The maximum Gasteiger partial charge on any atom is 0.306 e. The lowest BCUT2D eigenvalue weighted by molar-refractivity contribution is -0.141. The predicted molar refractivity (Wildman–Crippen MR) is 61.3 cm³/mol. The summed E-state index contributed by atoms with van der Waals surface area (Å²) in [5.41, 5.74) is 0. The van der Waals surface area contributed by atoms with E-state index in [0.717, 1.165) is 24.6 Å². The van der Waals surface area contributed by atoms with Crippen LogP contribution in [0.2, 0.25) is 0 Å². The van der Waals surface area contributed by atoms with Gasteiger partial charge in [-0.25, -0.2) is 0 Å². The van der Waals surface area contributed by atoms with Crippen molar-refractivity contribution in [2.45, 2.75) is 31.1 Å². The number of rotatable bonds is 1. The van der Waals surface area contributed by atoms with Gasteiger partial charge in [-0.1, -0.05) is 0 Å². The summed E-state index contributed by atoms with van der Waals surface area (Å²) in [5.74, 6) is 2.41. The van der Waals surface area contributed by atoms with E-state index in [4.69, 9.17) is 4.74 Å². The first-order valence-corrected chi connectivity index (χ1v) is 7.10. The SMILES string of the molecule is O=C1C[C@H]2[C@H](N3CCSCC3)[C@@H](O)C[C@H]2O1. The van der Waals surface area contributed by atoms with Crippen LogP contribution in [0.15, 0.2) is 0 Å². The molecule has 2 aliphatic heterocycles. The Morgan fingerprint density at radius 2 is 2.12 bits per heavy atom. The number of ether oxygens (including phenoxy) is 1. The number of esters is 1. The summed E-state index contributed by atoms with van der Waals surface area (Å²) in [6.07, 6.45) is 0.786. The Morgan fingerprint density at radius 1 is 1.38 bits per heavy atom. The van der Waals surface area contributed by atoms with E-state index in [1.54, 1.807) is 0 Å². The quantitative estimate of drug-likeness (QED) is 0.662. The van der Waals surface area contributed by atoms with Gasteiger partial charge in [0.1, 0.15) is 6.10 Å². The van der Waals surface area contributed by atoms with Gasteiger partial charge < -0.3 is 9.84 Å². The van der Waals surface area contributed by atoms with Gasteiger partial charge in [-0.2, -0.15) is 11.8 Å². The largest absolute Gasteiger partial charge is 0.462 e. The van der Waals surface area contributed by atoms with Crippen LogP contribution in [-0.4, -0.2) is 58.8 Å². The molecule has 3 fully saturated rings. The van der Waals surface area contributed by atoms with Crippen LogP contribution in [0.4, 0.5) is 0 Å². The number of fused-ring (bicyclic) bond motifs is 1. The van der Waals surface area contributed by atoms with Crippen LogP contribution in [0.1, 0.15) is 12.8 Å². The first-order valence-electron chi connectivity index (χ1n) is 5.95. The van der Waals surface area contributed by atoms with Crippen molar-refractivity contribution in [1.82, 2.24) is 4.90 Å². The van der Waals surface area contributed by atoms with Crippen LogP contribution in [0.3, 0.4) is 0 Å². The molecular weight excluding hydrogens is 226 g/mol. The summed E-state index contributed by atoms with van der Waals surface area (Å²) in [7, 11) is 0. The number of carbonyl (C=O) groups is 1. The average molecular weight is 243 g/mol. The van der Waals surface area contributed by atoms with Crippen molar-refractivity contribution in [3.63, 3.8) is 0 Å². The standard InChI is InChI=1S/C11H17NO3S/c13-8-6-9-7(5-10(14)15-9)11(8)12-1-3-16-4-2-12/h7-9,11,13H,1-6H2/t7-,8+,9-,11+/m1/s1. The molecule has 0 radical (unpaired) electrons. The topological polar surface area (TPSA) is 49.8 Å². The molecule has 0 amide bonds. The van der Waals surface area contributed by atoms with Gasteiger partial charge in [0.2, 0.25) is 0 Å². The summed E-state index contributed by atoms with van der Waals surface area (Å²) in [5, 5.41) is 10.1. The predicted octanol–water partition coefficient (Wildman–Crippen LogP) is 0.100. The highest BCUT2D eigenvalue weighted by Crippen LogP contribution is 2.40. The monoisotopic (exact) mass is 243 g/mol. The normalized spacial score (nSPS) is 44.4. The van der Waals surface area contributed by atoms with Crippen LogP contribution in [0.25, 0.3) is 0 Å². The van der Waals surface area contributed by atoms with E-state index < -0.39 is 0 Å². The highest BCUT2D eigenvalue weighted by molar-refractivity contribution is 7.99. The molecule has 0 aromatic heterocycles. The van der Waals surface area contributed by atoms with Crippen molar-refractivity contribution < 1.29 is 14.6 Å². The maximum atomic E-state index is 11.3. The molecule has 16 heavy (non-hydrogen) atoms. The minimum absolute atomic E-state index is 0.0259. The van der Waals surface area contributed by atoms with Gasteiger partial charge in [-0.15, -0.1) is 0 Å². The molecule has 2 saturated heterocycles. The fraction of sp³-hybridized carbons (Fsp3) is 0.909. The lowest BCUT2D eigenvalue weighted by atomic mass is 9.98. The number of nitrogens with zero attached hydrogens (tertiary/aromatic N) is 1. The van der Waals surface area contributed by atoms with Crippen molar-refractivity contribution in [3.8, 4) is 0 Å². The molecule has 5 heteroatoms. The summed E-state index contributed by atoms with van der Waals surface area (Å²) in [6.45, 7) is 2.06. The zero-order valence-electron chi connectivity index (χ0n) is 9.17. The molecule has 0 aromatic rings. The van der Waals surface area contributed by atoms with Gasteiger partial charge in [0, 0.05) is 43.0 Å². The van der Waals surface area contributed by atoms with Gasteiger partial charge in [-0.3, -0.25) is 9.69 Å². The van der Waals surface area contributed by atoms with Crippen molar-refractivity contribution in [2.24, 2.45) is 5.92 Å². The molecular formula is C11H17NO3S. The summed E-state index contributed by atoms with van der Waals surface area (Å²) >= 11 is 1.96. The number of aliphatic hydroxyl groups excluding tert-OH is 1. The van der Waals surface area contributed by atoms with E-state index in [2.05, 4.69) is 4.90 Å². The molecule has 0 unspecified atom stereocenters. The molecule has 0 bridgehead atoms. The molecule has 2 heterocycles. The fourth-order valence-corrected chi connectivity index (χ4v) is 4.18. The van der Waals surface area contributed by atoms with Crippen LogP contribution in [0, 0.1) is 5.92 Å². The lowest BCUT2D eigenvalue weighted by Gasteiger charge is -2.36. The average Bonchev–Trinajstić information content (AvgIpc) is 2.74. The Bertz CT molecular complexity index is 293. The van der Waals surface area contributed by atoms with Gasteiger partial charge in [-0.05, 0) is 0 Å². The lowest BCUT2D eigenvalue weighted by Crippen LogP contribution is -2.48. The molecule has 1 aliphatic carbocycles. The Labute approximate surface area is 99.3 Å². The number of carbonyl (C=O) groups excluding carboxylic acids is 1. The number of thioether (sulfide) groups is 1. The zero-order chi connectivity index (χ0) is 11.1. The highest BCUT2D eigenvalue weighted by Gasteiger charge is 2.51. The summed E-state index contributed by atoms with van der Waals surface area (Å²) < 4.78 is 5.25. The van der Waals surface area contributed by atoms with Crippen LogP contribution in [0.5, 0.6) is 0 Å². The van der Waals surface area contributed by atoms with E-state index in [1.807, 2.05) is 11.8 Å². The minimum atomic E-state index is -0.314. The first-order chi connectivity index (χ1) is 7.75. The first kappa shape index (κ1) is 10.9. The van der Waals surface area contributed by atoms with E-state index in [-0.39, 0.29) is 30.1 Å². The highest BCUT2D eigenvalue weighted by atomic mass is 32.2. The third kappa shape index (κ3) is 1.75. The zero-order valence-corrected chi connectivity index (χ0v) is 9.99. The second-order valence-electron chi connectivity index (χ2n) is 4.84. The Kier molecular flexibility index (Phi) is 2.85. The van der Waals surface area contributed by atoms with Gasteiger partial charge in [0.05, 0.1) is 12.5 Å². The van der Waals surface area contributed by atoms with Gasteiger partial charge in [0.25, 0.3) is 0 Å². The molecule has 0 aromatic carbocycles. The van der Waals surface area contributed by atoms with E-state index in [1.165, 1.54) is 0 Å². The third-order valence-corrected chi connectivity index (χ3v) is 4.88. The molecule has 1 N–H and O–H groups in total. The van der Waals surface area contributed by atoms with E-state index in [0.29, 0.717) is 12.8 Å². The van der Waals surface area contributed by atoms with E-state index in [9.17, 15) is 9.90 Å². The minimum Gasteiger partial charge on any atom is -0.462 e. The molecule has 4 atom stereocenters. The molecule has 0 spiro atoms. The smallest absolute Gasteiger partial charge is 0.306 e. The fourth-order valence-electron chi connectivity index (χ4n) is 3.24.